The lowest BCUT2D eigenvalue weighted by molar-refractivity contribution is -0.134. The van der Waals surface area contributed by atoms with Crippen LogP contribution in [0.1, 0.15) is 25.8 Å². The number of carboxylic acids is 1. The summed E-state index contributed by atoms with van der Waals surface area (Å²) in [4.78, 5) is 22.9. The zero-order chi connectivity index (χ0) is 16.2. The summed E-state index contributed by atoms with van der Waals surface area (Å²) in [6, 6.07) is 2.95. The Balaban J connectivity index is 3.66. The fraction of sp³-hybridized carbons (Fsp3) is 0.333. The van der Waals surface area contributed by atoms with Crippen LogP contribution in [-0.4, -0.2) is 36.2 Å². The second kappa shape index (κ2) is 6.78. The number of phenols is 1. The van der Waals surface area contributed by atoms with Crippen LogP contribution in [0.4, 0.5) is 0 Å². The fourth-order valence-electron chi connectivity index (χ4n) is 2.09. The molecule has 0 saturated heterocycles. The van der Waals surface area contributed by atoms with Crippen LogP contribution in [0, 0.1) is 0 Å². The molecule has 0 bridgehead atoms. The summed E-state index contributed by atoms with van der Waals surface area (Å²) >= 11 is 0. The van der Waals surface area contributed by atoms with Gasteiger partial charge in [0.25, 0.3) is 0 Å². The molecule has 1 aromatic rings. The topological polar surface area (TPSA) is 93.1 Å². The summed E-state index contributed by atoms with van der Waals surface area (Å²) in [5, 5.41) is 19.1. The fourth-order valence-corrected chi connectivity index (χ4v) is 2.09. The highest BCUT2D eigenvalue weighted by Gasteiger charge is 2.21. The molecule has 6 heteroatoms. The highest BCUT2D eigenvalue weighted by molar-refractivity contribution is 6.21. The molecule has 0 fully saturated rings. The lowest BCUT2D eigenvalue weighted by Crippen LogP contribution is -2.12. The second-order valence-corrected chi connectivity index (χ2v) is 4.30. The highest BCUT2D eigenvalue weighted by atomic mass is 16.5. The van der Waals surface area contributed by atoms with Gasteiger partial charge in [0.05, 0.1) is 14.2 Å². The van der Waals surface area contributed by atoms with E-state index in [1.165, 1.54) is 33.3 Å². The molecule has 114 valence electrons. The van der Waals surface area contributed by atoms with E-state index in [0.29, 0.717) is 17.6 Å². The molecule has 21 heavy (non-hydrogen) atoms. The van der Waals surface area contributed by atoms with Gasteiger partial charge in [0.1, 0.15) is 5.57 Å². The van der Waals surface area contributed by atoms with Gasteiger partial charge in [-0.25, -0.2) is 4.79 Å². The Morgan fingerprint density at radius 3 is 1.90 bits per heavy atom. The molecule has 2 N–H and O–H groups in total. The van der Waals surface area contributed by atoms with E-state index in [0.717, 1.165) is 0 Å². The summed E-state index contributed by atoms with van der Waals surface area (Å²) in [7, 11) is 2.74. The first-order valence-electron chi connectivity index (χ1n) is 6.30. The van der Waals surface area contributed by atoms with Crippen molar-refractivity contribution >= 4 is 17.3 Å². The Morgan fingerprint density at radius 2 is 1.62 bits per heavy atom. The van der Waals surface area contributed by atoms with Crippen molar-refractivity contribution in [2.75, 3.05) is 14.2 Å². The number of benzene rings is 1. The van der Waals surface area contributed by atoms with Gasteiger partial charge in [-0.15, -0.1) is 0 Å². The van der Waals surface area contributed by atoms with Crippen LogP contribution in [0.2, 0.25) is 0 Å². The van der Waals surface area contributed by atoms with Gasteiger partial charge in [-0.3, -0.25) is 4.79 Å². The standard InChI is InChI=1S/C15H18O6/c1-5-10(13(8(2)16)15(18)19)9-6-11(20-3)14(17)12(7-9)21-4/h6-7,17H,5H2,1-4H3,(H,18,19). The first kappa shape index (κ1) is 16.6. The minimum Gasteiger partial charge on any atom is -0.502 e. The smallest absolute Gasteiger partial charge is 0.339 e. The highest BCUT2D eigenvalue weighted by Crippen LogP contribution is 2.40. The van der Waals surface area contributed by atoms with E-state index >= 15 is 0 Å². The molecular formula is C15H18O6. The number of carboxylic acid groups (broad SMARTS) is 1. The number of carbonyl (C=O) groups excluding carboxylic acids is 1. The van der Waals surface area contributed by atoms with Crippen molar-refractivity contribution in [2.24, 2.45) is 0 Å². The maximum atomic E-state index is 11.6. The number of allylic oxidation sites excluding steroid dienone is 1. The molecule has 0 aromatic heterocycles. The van der Waals surface area contributed by atoms with Crippen LogP contribution in [0.25, 0.3) is 5.57 Å². The maximum absolute atomic E-state index is 11.6. The monoisotopic (exact) mass is 294 g/mol. The summed E-state index contributed by atoms with van der Waals surface area (Å²) in [5.74, 6) is -1.72. The van der Waals surface area contributed by atoms with Gasteiger partial charge < -0.3 is 19.7 Å². The first-order chi connectivity index (χ1) is 9.87. The molecule has 0 spiro atoms. The molecule has 1 rings (SSSR count). The Hall–Kier alpha value is -2.50. The summed E-state index contributed by atoms with van der Waals surface area (Å²) in [6.07, 6.45) is 0.332. The predicted molar refractivity (Wildman–Crippen MR) is 76.7 cm³/mol. The van der Waals surface area contributed by atoms with Gasteiger partial charge in [0.2, 0.25) is 5.75 Å². The van der Waals surface area contributed by atoms with Crippen molar-refractivity contribution in [1.82, 2.24) is 0 Å². The number of aliphatic carboxylic acids is 1. The van der Waals surface area contributed by atoms with Gasteiger partial charge in [0, 0.05) is 0 Å². The molecule has 0 heterocycles. The summed E-state index contributed by atoms with van der Waals surface area (Å²) in [5.41, 5.74) is 0.524. The van der Waals surface area contributed by atoms with Gasteiger partial charge >= 0.3 is 5.97 Å². The molecule has 0 atom stereocenters. The van der Waals surface area contributed by atoms with Crippen LogP contribution in [0.15, 0.2) is 17.7 Å². The van der Waals surface area contributed by atoms with Gasteiger partial charge in [-0.1, -0.05) is 6.92 Å². The maximum Gasteiger partial charge on any atom is 0.339 e. The van der Waals surface area contributed by atoms with Crippen LogP contribution in [-0.2, 0) is 9.59 Å². The molecule has 0 aliphatic heterocycles. The Morgan fingerprint density at radius 1 is 1.14 bits per heavy atom. The molecule has 0 aliphatic rings. The molecule has 0 radical (unpaired) electrons. The van der Waals surface area contributed by atoms with E-state index in [1.807, 2.05) is 0 Å². The zero-order valence-electron chi connectivity index (χ0n) is 12.4. The van der Waals surface area contributed by atoms with E-state index < -0.39 is 11.8 Å². The zero-order valence-corrected chi connectivity index (χ0v) is 12.4. The van der Waals surface area contributed by atoms with Crippen LogP contribution in [0.3, 0.4) is 0 Å². The second-order valence-electron chi connectivity index (χ2n) is 4.30. The molecule has 0 saturated carbocycles. The van der Waals surface area contributed by atoms with E-state index in [-0.39, 0.29) is 22.8 Å². The van der Waals surface area contributed by atoms with E-state index in [1.54, 1.807) is 6.92 Å². The third-order valence-electron chi connectivity index (χ3n) is 3.05. The van der Waals surface area contributed by atoms with E-state index in [4.69, 9.17) is 9.47 Å². The Kier molecular flexibility index (Phi) is 5.35. The number of rotatable bonds is 6. The van der Waals surface area contributed by atoms with E-state index in [9.17, 15) is 19.8 Å². The third kappa shape index (κ3) is 3.34. The van der Waals surface area contributed by atoms with Gasteiger partial charge in [-0.2, -0.15) is 0 Å². The number of aromatic hydroxyl groups is 1. The molecule has 6 nitrogen and oxygen atoms in total. The van der Waals surface area contributed by atoms with Crippen LogP contribution < -0.4 is 9.47 Å². The molecule has 0 unspecified atom stereocenters. The van der Waals surface area contributed by atoms with Gasteiger partial charge in [0.15, 0.2) is 17.3 Å². The number of hydrogen-bond donors (Lipinski definition) is 2. The summed E-state index contributed by atoms with van der Waals surface area (Å²) < 4.78 is 10.1. The minimum absolute atomic E-state index is 0.142. The number of Topliss-reactive ketones (excluding diaryl/α,β-unsaturated/α-hetero) is 1. The number of methoxy groups -OCH3 is 2. The van der Waals surface area contributed by atoms with Crippen molar-refractivity contribution in [3.05, 3.63) is 23.3 Å². The number of hydrogen-bond acceptors (Lipinski definition) is 5. The number of phenolic OH excluding ortho intramolecular Hbond substituents is 1. The van der Waals surface area contributed by atoms with Crippen molar-refractivity contribution < 1.29 is 29.3 Å². The van der Waals surface area contributed by atoms with Crippen LogP contribution >= 0.6 is 0 Å². The average Bonchev–Trinajstić information content (AvgIpc) is 2.44. The van der Waals surface area contributed by atoms with Crippen LogP contribution in [0.5, 0.6) is 17.2 Å². The van der Waals surface area contributed by atoms with E-state index in [2.05, 4.69) is 0 Å². The minimum atomic E-state index is -1.29. The number of ether oxygens (including phenoxy) is 2. The van der Waals surface area contributed by atoms with Gasteiger partial charge in [-0.05, 0) is 36.6 Å². The number of carbonyl (C=O) groups is 2. The average molecular weight is 294 g/mol. The molecular weight excluding hydrogens is 276 g/mol. The lowest BCUT2D eigenvalue weighted by Gasteiger charge is -2.14. The SMILES string of the molecule is CCC(=C(C(C)=O)C(=O)O)c1cc(OC)c(O)c(OC)c1. The van der Waals surface area contributed by atoms with Crippen molar-refractivity contribution in [2.45, 2.75) is 20.3 Å². The quantitative estimate of drug-likeness (QED) is 0.475. The lowest BCUT2D eigenvalue weighted by atomic mass is 9.95. The Labute approximate surface area is 122 Å². The third-order valence-corrected chi connectivity index (χ3v) is 3.05. The predicted octanol–water partition coefficient (Wildman–Crippen LogP) is 2.25. The number of ketones is 1. The summed E-state index contributed by atoms with van der Waals surface area (Å²) in [6.45, 7) is 2.95. The Bertz CT molecular complexity index is 559. The normalized spacial score (nSPS) is 11.6. The van der Waals surface area contributed by atoms with Crippen molar-refractivity contribution in [3.8, 4) is 17.2 Å². The molecule has 0 amide bonds. The largest absolute Gasteiger partial charge is 0.502 e. The molecule has 0 aliphatic carbocycles. The molecule has 1 aromatic carbocycles. The van der Waals surface area contributed by atoms with Crippen molar-refractivity contribution in [1.29, 1.82) is 0 Å². The van der Waals surface area contributed by atoms with Crippen molar-refractivity contribution in [3.63, 3.8) is 0 Å². The first-order valence-corrected chi connectivity index (χ1v) is 6.30.